The van der Waals surface area contributed by atoms with Gasteiger partial charge in [-0.3, -0.25) is 9.89 Å². The van der Waals surface area contributed by atoms with Crippen molar-refractivity contribution in [3.63, 3.8) is 0 Å². The Bertz CT molecular complexity index is 645. The van der Waals surface area contributed by atoms with Crippen molar-refractivity contribution in [2.75, 3.05) is 6.54 Å². The van der Waals surface area contributed by atoms with Crippen LogP contribution in [0.3, 0.4) is 0 Å². The third kappa shape index (κ3) is 3.68. The molecule has 3 rings (SSSR count). The first-order chi connectivity index (χ1) is 11.1. The van der Waals surface area contributed by atoms with Crippen LogP contribution in [0, 0.1) is 11.7 Å². The third-order valence-electron chi connectivity index (χ3n) is 4.06. The zero-order valence-electron chi connectivity index (χ0n) is 12.4. The van der Waals surface area contributed by atoms with Crippen LogP contribution in [-0.2, 0) is 0 Å². The first-order valence-corrected chi connectivity index (χ1v) is 7.51. The van der Waals surface area contributed by atoms with Crippen LogP contribution in [0.2, 0.25) is 0 Å². The maximum Gasteiger partial charge on any atom is 0.269 e. The lowest BCUT2D eigenvalue weighted by Crippen LogP contribution is -2.37. The highest BCUT2D eigenvalue weighted by Gasteiger charge is 2.36. The van der Waals surface area contributed by atoms with Gasteiger partial charge in [-0.15, -0.1) is 0 Å². The summed E-state index contributed by atoms with van der Waals surface area (Å²) in [5.74, 6) is -0.133. The van der Waals surface area contributed by atoms with Crippen molar-refractivity contribution in [2.24, 2.45) is 5.92 Å². The monoisotopic (exact) mass is 319 g/mol. The van der Waals surface area contributed by atoms with Crippen molar-refractivity contribution >= 4 is 5.91 Å². The second-order valence-corrected chi connectivity index (χ2v) is 5.62. The smallest absolute Gasteiger partial charge is 0.269 e. The molecule has 3 N–H and O–H groups in total. The standard InChI is InChI=1S/C16H18FN3O3/c17-11-2-4-12(5-3-11)23-14-6-1-10(15(14)21)9-18-16(22)13-7-8-19-20-13/h2-5,7-8,10,14-15,21H,1,6,9H2,(H,18,22)(H,19,20)/t10-,14-,15-/m1/s1. The molecule has 23 heavy (non-hydrogen) atoms. The number of nitrogens with one attached hydrogen (secondary N) is 2. The Hall–Kier alpha value is -2.41. The van der Waals surface area contributed by atoms with Crippen molar-refractivity contribution in [1.29, 1.82) is 0 Å². The molecule has 1 aromatic heterocycles. The number of aliphatic hydroxyl groups is 1. The Kier molecular flexibility index (Phi) is 4.57. The van der Waals surface area contributed by atoms with Gasteiger partial charge in [-0.05, 0) is 43.2 Å². The molecule has 1 amide bonds. The van der Waals surface area contributed by atoms with Crippen LogP contribution in [0.1, 0.15) is 23.3 Å². The van der Waals surface area contributed by atoms with Gasteiger partial charge in [0.2, 0.25) is 0 Å². The lowest BCUT2D eigenvalue weighted by Gasteiger charge is -2.21. The second kappa shape index (κ2) is 6.78. The van der Waals surface area contributed by atoms with E-state index in [1.807, 2.05) is 0 Å². The molecule has 1 saturated carbocycles. The summed E-state index contributed by atoms with van der Waals surface area (Å²) in [6, 6.07) is 7.29. The first-order valence-electron chi connectivity index (χ1n) is 7.51. The van der Waals surface area contributed by atoms with Gasteiger partial charge < -0.3 is 15.2 Å². The largest absolute Gasteiger partial charge is 0.488 e. The van der Waals surface area contributed by atoms with Gasteiger partial charge in [0, 0.05) is 18.7 Å². The molecular weight excluding hydrogens is 301 g/mol. The zero-order chi connectivity index (χ0) is 16.2. The van der Waals surface area contributed by atoms with Gasteiger partial charge in [0.05, 0.1) is 6.10 Å². The fraction of sp³-hybridized carbons (Fsp3) is 0.375. The fourth-order valence-corrected chi connectivity index (χ4v) is 2.76. The van der Waals surface area contributed by atoms with Gasteiger partial charge in [-0.1, -0.05) is 0 Å². The van der Waals surface area contributed by atoms with Gasteiger partial charge >= 0.3 is 0 Å². The van der Waals surface area contributed by atoms with E-state index in [0.717, 1.165) is 6.42 Å². The van der Waals surface area contributed by atoms with Crippen LogP contribution < -0.4 is 10.1 Å². The topological polar surface area (TPSA) is 87.2 Å². The number of benzene rings is 1. The summed E-state index contributed by atoms with van der Waals surface area (Å²) in [6.45, 7) is 0.363. The molecule has 122 valence electrons. The predicted molar refractivity (Wildman–Crippen MR) is 80.5 cm³/mol. The molecule has 1 aromatic carbocycles. The maximum absolute atomic E-state index is 12.9. The molecule has 2 aromatic rings. The van der Waals surface area contributed by atoms with Crippen molar-refractivity contribution in [1.82, 2.24) is 15.5 Å². The van der Waals surface area contributed by atoms with Crippen LogP contribution in [0.15, 0.2) is 36.5 Å². The number of hydrogen-bond donors (Lipinski definition) is 3. The highest BCUT2D eigenvalue weighted by molar-refractivity contribution is 5.92. The van der Waals surface area contributed by atoms with E-state index in [4.69, 9.17) is 4.74 Å². The molecule has 0 bridgehead atoms. The van der Waals surface area contributed by atoms with Crippen LogP contribution in [0.25, 0.3) is 0 Å². The van der Waals surface area contributed by atoms with E-state index in [1.54, 1.807) is 6.07 Å². The Morgan fingerprint density at radius 3 is 2.83 bits per heavy atom. The Labute approximate surface area is 132 Å². The van der Waals surface area contributed by atoms with Crippen LogP contribution in [-0.4, -0.2) is 40.0 Å². The number of ether oxygens (including phenoxy) is 1. The quantitative estimate of drug-likeness (QED) is 0.779. The zero-order valence-corrected chi connectivity index (χ0v) is 12.4. The number of carbonyl (C=O) groups is 1. The van der Waals surface area contributed by atoms with E-state index in [1.165, 1.54) is 30.5 Å². The molecule has 1 heterocycles. The third-order valence-corrected chi connectivity index (χ3v) is 4.06. The lowest BCUT2D eigenvalue weighted by molar-refractivity contribution is 0.0348. The SMILES string of the molecule is O=C(NC[C@H]1CC[C@@H](Oc2ccc(F)cc2)[C@@H]1O)c1ccn[nH]1. The lowest BCUT2D eigenvalue weighted by atomic mass is 10.1. The van der Waals surface area contributed by atoms with E-state index >= 15 is 0 Å². The summed E-state index contributed by atoms with van der Waals surface area (Å²) in [4.78, 5) is 11.8. The Morgan fingerprint density at radius 2 is 2.13 bits per heavy atom. The average Bonchev–Trinajstić information content (AvgIpc) is 3.19. The number of amides is 1. The molecule has 3 atom stereocenters. The predicted octanol–water partition coefficient (Wildman–Crippen LogP) is 1.50. The summed E-state index contributed by atoms with van der Waals surface area (Å²) < 4.78 is 18.6. The van der Waals surface area contributed by atoms with Gasteiger partial charge in [0.25, 0.3) is 5.91 Å². The minimum atomic E-state index is -0.679. The molecule has 7 heteroatoms. The van der Waals surface area contributed by atoms with E-state index in [2.05, 4.69) is 15.5 Å². The molecule has 6 nitrogen and oxygen atoms in total. The number of aromatic amines is 1. The molecule has 0 radical (unpaired) electrons. The van der Waals surface area contributed by atoms with E-state index in [9.17, 15) is 14.3 Å². The van der Waals surface area contributed by atoms with E-state index in [-0.39, 0.29) is 23.7 Å². The van der Waals surface area contributed by atoms with Gasteiger partial charge in [-0.2, -0.15) is 5.10 Å². The highest BCUT2D eigenvalue weighted by Crippen LogP contribution is 2.29. The molecule has 1 aliphatic carbocycles. The van der Waals surface area contributed by atoms with Gasteiger partial charge in [-0.25, -0.2) is 4.39 Å². The van der Waals surface area contributed by atoms with Crippen molar-refractivity contribution in [2.45, 2.75) is 25.0 Å². The van der Waals surface area contributed by atoms with Crippen molar-refractivity contribution in [3.8, 4) is 5.75 Å². The Morgan fingerprint density at radius 1 is 1.35 bits per heavy atom. The molecule has 0 saturated heterocycles. The number of aromatic nitrogens is 2. The van der Waals surface area contributed by atoms with Crippen molar-refractivity contribution < 1.29 is 19.0 Å². The summed E-state index contributed by atoms with van der Waals surface area (Å²) >= 11 is 0. The van der Waals surface area contributed by atoms with Crippen LogP contribution in [0.5, 0.6) is 5.75 Å². The minimum Gasteiger partial charge on any atom is -0.488 e. The molecule has 1 aliphatic rings. The maximum atomic E-state index is 12.9. The number of rotatable bonds is 5. The number of carbonyl (C=O) groups excluding carboxylic acids is 1. The number of aliphatic hydroxyl groups excluding tert-OH is 1. The highest BCUT2D eigenvalue weighted by atomic mass is 19.1. The summed E-state index contributed by atoms with van der Waals surface area (Å²) in [5.41, 5.74) is 0.386. The first kappa shape index (κ1) is 15.5. The van der Waals surface area contributed by atoms with Crippen molar-refractivity contribution in [3.05, 3.63) is 48.0 Å². The normalized spacial score (nSPS) is 23.7. The van der Waals surface area contributed by atoms with E-state index < -0.39 is 6.10 Å². The number of nitrogens with zero attached hydrogens (tertiary/aromatic N) is 1. The Balaban J connectivity index is 1.51. The fourth-order valence-electron chi connectivity index (χ4n) is 2.76. The van der Waals surface area contributed by atoms with Crippen LogP contribution in [0.4, 0.5) is 4.39 Å². The van der Waals surface area contributed by atoms with Gasteiger partial charge in [0.1, 0.15) is 23.4 Å². The summed E-state index contributed by atoms with van der Waals surface area (Å²) in [5, 5.41) is 19.4. The van der Waals surface area contributed by atoms with Gasteiger partial charge in [0.15, 0.2) is 0 Å². The molecular formula is C16H18FN3O3. The summed E-state index contributed by atoms with van der Waals surface area (Å²) in [7, 11) is 0. The molecule has 1 fully saturated rings. The molecule has 0 spiro atoms. The molecule has 0 unspecified atom stereocenters. The number of hydrogen-bond acceptors (Lipinski definition) is 4. The number of H-pyrrole nitrogens is 1. The van der Waals surface area contributed by atoms with Crippen LogP contribution >= 0.6 is 0 Å². The average molecular weight is 319 g/mol. The second-order valence-electron chi connectivity index (χ2n) is 5.62. The number of halogens is 1. The molecule has 0 aliphatic heterocycles. The van der Waals surface area contributed by atoms with E-state index in [0.29, 0.717) is 24.4 Å². The minimum absolute atomic E-state index is 0.0766. The summed E-state index contributed by atoms with van der Waals surface area (Å²) in [6.07, 6.45) is 1.90.